The molecule has 5 nitrogen and oxygen atoms in total. The Hall–Kier alpha value is -1.36. The number of amides is 1. The van der Waals surface area contributed by atoms with Gasteiger partial charge in [-0.3, -0.25) is 4.79 Å². The second kappa shape index (κ2) is 3.82. The van der Waals surface area contributed by atoms with Gasteiger partial charge in [0.05, 0.1) is 6.20 Å². The minimum atomic E-state index is -0.121. The van der Waals surface area contributed by atoms with Gasteiger partial charge in [0.25, 0.3) is 5.91 Å². The molecule has 0 radical (unpaired) electrons. The van der Waals surface area contributed by atoms with E-state index in [1.807, 2.05) is 11.8 Å². The first-order chi connectivity index (χ1) is 8.51. The van der Waals surface area contributed by atoms with E-state index in [4.69, 9.17) is 4.52 Å². The highest BCUT2D eigenvalue weighted by Crippen LogP contribution is 2.41. The number of fused-ring (bicyclic) bond motifs is 1. The van der Waals surface area contributed by atoms with Crippen molar-refractivity contribution in [3.8, 4) is 0 Å². The normalized spacial score (nSPS) is 29.6. The molecule has 3 rings (SSSR count). The van der Waals surface area contributed by atoms with Crippen LogP contribution in [0.4, 0.5) is 0 Å². The van der Waals surface area contributed by atoms with E-state index in [9.17, 15) is 4.79 Å². The number of aromatic nitrogens is 1. The summed E-state index contributed by atoms with van der Waals surface area (Å²) in [7, 11) is 0. The molecule has 2 unspecified atom stereocenters. The maximum Gasteiger partial charge on any atom is 0.293 e. The monoisotopic (exact) mass is 249 g/mol. The first-order valence-corrected chi connectivity index (χ1v) is 6.45. The summed E-state index contributed by atoms with van der Waals surface area (Å²) in [5.41, 5.74) is 0.691. The Bertz CT molecular complexity index is 480. The van der Waals surface area contributed by atoms with Crippen LogP contribution in [0.5, 0.6) is 0 Å². The number of nitrogens with zero attached hydrogens (tertiary/aromatic N) is 2. The molecule has 0 saturated carbocycles. The van der Waals surface area contributed by atoms with Crippen LogP contribution in [0.2, 0.25) is 0 Å². The summed E-state index contributed by atoms with van der Waals surface area (Å²) in [5, 5.41) is 7.11. The van der Waals surface area contributed by atoms with E-state index >= 15 is 0 Å². The number of hydrogen-bond acceptors (Lipinski definition) is 4. The van der Waals surface area contributed by atoms with Crippen molar-refractivity contribution in [3.05, 3.63) is 17.5 Å². The molecule has 1 N–H and O–H groups in total. The van der Waals surface area contributed by atoms with Gasteiger partial charge in [0, 0.05) is 30.7 Å². The summed E-state index contributed by atoms with van der Waals surface area (Å²) < 4.78 is 5.10. The summed E-state index contributed by atoms with van der Waals surface area (Å²) in [6.07, 6.45) is 1.60. The van der Waals surface area contributed by atoms with Gasteiger partial charge in [0.2, 0.25) is 5.76 Å². The SMILES string of the molecule is Cc1cnoc1C(=O)N1CC2CNCC2C1(C)C. The van der Waals surface area contributed by atoms with Gasteiger partial charge in [-0.05, 0) is 32.6 Å². The second-order valence-electron chi connectivity index (χ2n) is 5.93. The lowest BCUT2D eigenvalue weighted by molar-refractivity contribution is 0.0560. The highest BCUT2D eigenvalue weighted by Gasteiger charge is 2.52. The van der Waals surface area contributed by atoms with Crippen LogP contribution in [0.1, 0.15) is 30.0 Å². The average molecular weight is 249 g/mol. The molecule has 0 aromatic carbocycles. The third-order valence-electron chi connectivity index (χ3n) is 4.55. The molecule has 1 aromatic heterocycles. The van der Waals surface area contributed by atoms with Crippen LogP contribution in [0.3, 0.4) is 0 Å². The van der Waals surface area contributed by atoms with Crippen LogP contribution in [-0.2, 0) is 0 Å². The highest BCUT2D eigenvalue weighted by atomic mass is 16.5. The first-order valence-electron chi connectivity index (χ1n) is 6.45. The molecule has 0 aliphatic carbocycles. The second-order valence-corrected chi connectivity index (χ2v) is 5.93. The molecule has 2 aliphatic rings. The van der Waals surface area contributed by atoms with Gasteiger partial charge in [0.1, 0.15) is 0 Å². The molecular formula is C13H19N3O2. The molecule has 5 heteroatoms. The van der Waals surface area contributed by atoms with E-state index in [0.29, 0.717) is 17.6 Å². The standard InChI is InChI=1S/C13H19N3O2/c1-8-4-15-18-11(8)12(17)16-7-9-5-14-6-10(9)13(16,2)3/h4,9-10,14H,5-7H2,1-3H3. The number of likely N-dealkylation sites (tertiary alicyclic amines) is 1. The van der Waals surface area contributed by atoms with Crippen LogP contribution >= 0.6 is 0 Å². The first kappa shape index (κ1) is 11.7. The van der Waals surface area contributed by atoms with Gasteiger partial charge in [-0.25, -0.2) is 0 Å². The van der Waals surface area contributed by atoms with Crippen LogP contribution in [0.15, 0.2) is 10.7 Å². The van der Waals surface area contributed by atoms with E-state index < -0.39 is 0 Å². The molecule has 2 atom stereocenters. The summed E-state index contributed by atoms with van der Waals surface area (Å²) in [4.78, 5) is 14.5. The minimum absolute atomic E-state index is 0.0237. The summed E-state index contributed by atoms with van der Waals surface area (Å²) in [6.45, 7) is 8.96. The quantitative estimate of drug-likeness (QED) is 0.808. The number of hydrogen-bond donors (Lipinski definition) is 1. The Balaban J connectivity index is 1.90. The van der Waals surface area contributed by atoms with Crippen molar-refractivity contribution in [2.45, 2.75) is 26.3 Å². The van der Waals surface area contributed by atoms with E-state index in [0.717, 1.165) is 25.2 Å². The zero-order valence-corrected chi connectivity index (χ0v) is 11.1. The maximum absolute atomic E-state index is 12.5. The van der Waals surface area contributed by atoms with E-state index in [-0.39, 0.29) is 11.4 Å². The van der Waals surface area contributed by atoms with Crippen molar-refractivity contribution < 1.29 is 9.32 Å². The molecule has 3 heterocycles. The molecule has 18 heavy (non-hydrogen) atoms. The number of aryl methyl sites for hydroxylation is 1. The summed E-state index contributed by atoms with van der Waals surface area (Å²) in [5.74, 6) is 1.46. The lowest BCUT2D eigenvalue weighted by Gasteiger charge is -2.35. The topological polar surface area (TPSA) is 58.4 Å². The zero-order chi connectivity index (χ0) is 12.9. The van der Waals surface area contributed by atoms with E-state index in [2.05, 4.69) is 24.3 Å². The van der Waals surface area contributed by atoms with Crippen LogP contribution in [0, 0.1) is 18.8 Å². The summed E-state index contributed by atoms with van der Waals surface area (Å²) in [6, 6.07) is 0. The van der Waals surface area contributed by atoms with E-state index in [1.165, 1.54) is 0 Å². The molecule has 2 aliphatic heterocycles. The fourth-order valence-corrected chi connectivity index (χ4v) is 3.39. The third kappa shape index (κ3) is 1.50. The predicted molar refractivity (Wildman–Crippen MR) is 66.2 cm³/mol. The van der Waals surface area contributed by atoms with Gasteiger partial charge < -0.3 is 14.7 Å². The fourth-order valence-electron chi connectivity index (χ4n) is 3.39. The Morgan fingerprint density at radius 3 is 2.94 bits per heavy atom. The number of rotatable bonds is 1. The Morgan fingerprint density at radius 1 is 1.56 bits per heavy atom. The van der Waals surface area contributed by atoms with Gasteiger partial charge in [0.15, 0.2) is 0 Å². The Labute approximate surface area is 107 Å². The van der Waals surface area contributed by atoms with Crippen LogP contribution in [0.25, 0.3) is 0 Å². The summed E-state index contributed by atoms with van der Waals surface area (Å²) >= 11 is 0. The highest BCUT2D eigenvalue weighted by molar-refractivity contribution is 5.93. The smallest absolute Gasteiger partial charge is 0.293 e. The van der Waals surface area contributed by atoms with Crippen molar-refractivity contribution in [2.75, 3.05) is 19.6 Å². The molecule has 2 saturated heterocycles. The predicted octanol–water partition coefficient (Wildman–Crippen LogP) is 1.05. The Kier molecular flexibility index (Phi) is 2.48. The molecule has 98 valence electrons. The van der Waals surface area contributed by atoms with Gasteiger partial charge in [-0.15, -0.1) is 0 Å². The molecule has 2 fully saturated rings. The largest absolute Gasteiger partial charge is 0.351 e. The molecular weight excluding hydrogens is 230 g/mol. The third-order valence-corrected chi connectivity index (χ3v) is 4.55. The molecule has 0 spiro atoms. The van der Waals surface area contributed by atoms with Gasteiger partial charge >= 0.3 is 0 Å². The van der Waals surface area contributed by atoms with Gasteiger partial charge in [-0.2, -0.15) is 0 Å². The van der Waals surface area contributed by atoms with Crippen molar-refractivity contribution in [1.29, 1.82) is 0 Å². The zero-order valence-electron chi connectivity index (χ0n) is 11.1. The number of carbonyl (C=O) groups is 1. The molecule has 1 amide bonds. The van der Waals surface area contributed by atoms with E-state index in [1.54, 1.807) is 6.20 Å². The minimum Gasteiger partial charge on any atom is -0.351 e. The lowest BCUT2D eigenvalue weighted by atomic mass is 9.85. The van der Waals surface area contributed by atoms with Crippen molar-refractivity contribution in [2.24, 2.45) is 11.8 Å². The Morgan fingerprint density at radius 2 is 2.33 bits per heavy atom. The van der Waals surface area contributed by atoms with Gasteiger partial charge in [-0.1, -0.05) is 5.16 Å². The average Bonchev–Trinajstić information content (AvgIpc) is 2.96. The van der Waals surface area contributed by atoms with Crippen molar-refractivity contribution in [1.82, 2.24) is 15.4 Å². The number of carbonyl (C=O) groups excluding carboxylic acids is 1. The van der Waals surface area contributed by atoms with Crippen molar-refractivity contribution in [3.63, 3.8) is 0 Å². The molecule has 1 aromatic rings. The fraction of sp³-hybridized carbons (Fsp3) is 0.692. The van der Waals surface area contributed by atoms with Crippen molar-refractivity contribution >= 4 is 5.91 Å². The van der Waals surface area contributed by atoms with Crippen LogP contribution in [-0.4, -0.2) is 41.1 Å². The maximum atomic E-state index is 12.5. The lowest BCUT2D eigenvalue weighted by Crippen LogP contribution is -2.47. The number of nitrogens with one attached hydrogen (secondary N) is 1. The molecule has 0 bridgehead atoms. The van der Waals surface area contributed by atoms with Crippen LogP contribution < -0.4 is 5.32 Å².